The second-order valence-electron chi connectivity index (χ2n) is 11.4. The minimum Gasteiger partial charge on any atom is -0.484 e. The Kier molecular flexibility index (Phi) is 6.90. The average Bonchev–Trinajstić information content (AvgIpc) is 3.71. The maximum Gasteiger partial charge on any atom is 0.326 e. The number of carboxylic acid groups (broad SMARTS) is 1. The zero-order chi connectivity index (χ0) is 30.2. The third-order valence-corrected chi connectivity index (χ3v) is 12.1. The molecule has 13 heteroatoms. The first kappa shape index (κ1) is 28.2. The summed E-state index contributed by atoms with van der Waals surface area (Å²) < 4.78 is 5.85. The van der Waals surface area contributed by atoms with Crippen LogP contribution in [-0.2, 0) is 19.2 Å². The highest BCUT2D eigenvalue weighted by atomic mass is 35.5. The number of nitrogens with one attached hydrogen (secondary N) is 2. The summed E-state index contributed by atoms with van der Waals surface area (Å²) >= 11 is 8.62. The highest BCUT2D eigenvalue weighted by Crippen LogP contribution is 2.68. The summed E-state index contributed by atoms with van der Waals surface area (Å²) in [6.07, 6.45) is 0.696. The Morgan fingerprint density at radius 3 is 2.56 bits per heavy atom. The quantitative estimate of drug-likeness (QED) is 0.328. The van der Waals surface area contributed by atoms with E-state index in [4.69, 9.17) is 16.3 Å². The molecule has 222 valence electrons. The monoisotopic (exact) mass is 639 g/mol. The standard InChI is InChI=1S/C30H26ClN3O7S2/c1-12(29(38)39)34-27(36)22-17-10-18(23(22)28(34)37)24-21(17)20(25-26(42-24)33-30(40)43-25)13-3-2-4-16(9-13)41-11-19(35)32-15-7-5-14(31)6-8-15/h2-9,12,17-18,20-24H,10-11H2,1H3,(H,32,35)(H,33,40)(H,38,39)/t12?,17?,18?,20-,21?,22?,23?,24?/m1/s1. The van der Waals surface area contributed by atoms with Crippen molar-refractivity contribution in [2.24, 2.45) is 29.6 Å². The molecule has 0 spiro atoms. The Morgan fingerprint density at radius 1 is 1.12 bits per heavy atom. The highest BCUT2D eigenvalue weighted by Gasteiger charge is 2.70. The first-order valence-corrected chi connectivity index (χ1v) is 16.0. The molecular weight excluding hydrogens is 614 g/mol. The number of aromatic nitrogens is 1. The average molecular weight is 640 g/mol. The maximum atomic E-state index is 13.6. The van der Waals surface area contributed by atoms with Crippen molar-refractivity contribution >= 4 is 64.1 Å². The Morgan fingerprint density at radius 2 is 1.84 bits per heavy atom. The largest absolute Gasteiger partial charge is 0.484 e. The molecule has 2 aliphatic heterocycles. The lowest BCUT2D eigenvalue weighted by atomic mass is 9.68. The number of thioether (sulfide) groups is 1. The molecule has 2 aromatic carbocycles. The number of aromatic amines is 1. The van der Waals surface area contributed by atoms with Gasteiger partial charge < -0.3 is 20.1 Å². The number of ether oxygens (including phenoxy) is 1. The number of rotatable bonds is 7. The van der Waals surface area contributed by atoms with Crippen molar-refractivity contribution in [1.82, 2.24) is 9.88 Å². The van der Waals surface area contributed by atoms with E-state index in [0.717, 1.165) is 31.7 Å². The van der Waals surface area contributed by atoms with Crippen LogP contribution in [0.4, 0.5) is 5.69 Å². The number of aliphatic carboxylic acids is 1. The number of carboxylic acids is 1. The number of hydrogen-bond donors (Lipinski definition) is 3. The molecule has 3 N–H and O–H groups in total. The molecule has 2 bridgehead atoms. The predicted molar refractivity (Wildman–Crippen MR) is 159 cm³/mol. The van der Waals surface area contributed by atoms with E-state index in [2.05, 4.69) is 10.3 Å². The van der Waals surface area contributed by atoms with Gasteiger partial charge in [0.2, 0.25) is 11.8 Å². The Hall–Kier alpha value is -3.61. The summed E-state index contributed by atoms with van der Waals surface area (Å²) in [6.45, 7) is 1.15. The molecule has 0 radical (unpaired) electrons. The van der Waals surface area contributed by atoms with E-state index in [9.17, 15) is 29.1 Å². The second kappa shape index (κ2) is 10.5. The first-order valence-electron chi connectivity index (χ1n) is 13.9. The van der Waals surface area contributed by atoms with Crippen molar-refractivity contribution in [3.8, 4) is 5.75 Å². The SMILES string of the molecule is CC(C(=O)O)N1C(=O)C2C3CC(C2C1=O)C1C3Sc2[nH]c(=O)sc2[C@@H]1c1cccc(OCC(=O)Nc2ccc(Cl)cc2)c1. The zero-order valence-corrected chi connectivity index (χ0v) is 25.1. The molecule has 1 saturated heterocycles. The van der Waals surface area contributed by atoms with Gasteiger partial charge in [0.1, 0.15) is 11.8 Å². The molecule has 4 aliphatic rings. The lowest BCUT2D eigenvalue weighted by Crippen LogP contribution is -2.44. The van der Waals surface area contributed by atoms with Crippen LogP contribution >= 0.6 is 34.7 Å². The molecule has 7 rings (SSSR count). The van der Waals surface area contributed by atoms with Crippen LogP contribution in [0.1, 0.15) is 29.7 Å². The van der Waals surface area contributed by atoms with E-state index >= 15 is 0 Å². The van der Waals surface area contributed by atoms with E-state index < -0.39 is 35.7 Å². The number of nitrogens with zero attached hydrogens (tertiary/aromatic N) is 1. The number of thiazole rings is 1. The summed E-state index contributed by atoms with van der Waals surface area (Å²) in [5.41, 5.74) is 1.48. The van der Waals surface area contributed by atoms with Gasteiger partial charge in [0, 0.05) is 26.8 Å². The molecular formula is C30H26ClN3O7S2. The van der Waals surface area contributed by atoms with Crippen LogP contribution in [0, 0.1) is 29.6 Å². The highest BCUT2D eigenvalue weighted by molar-refractivity contribution is 8.00. The van der Waals surface area contributed by atoms with Crippen LogP contribution in [-0.4, -0.2) is 56.6 Å². The molecule has 1 aromatic heterocycles. The van der Waals surface area contributed by atoms with Gasteiger partial charge in [-0.2, -0.15) is 0 Å². The number of benzene rings is 2. The number of amides is 3. The van der Waals surface area contributed by atoms with Gasteiger partial charge in [-0.3, -0.25) is 24.1 Å². The van der Waals surface area contributed by atoms with Crippen LogP contribution in [0.5, 0.6) is 5.75 Å². The number of anilines is 1. The van der Waals surface area contributed by atoms with E-state index in [1.807, 2.05) is 18.2 Å². The second-order valence-corrected chi connectivity index (χ2v) is 14.1. The molecule has 2 saturated carbocycles. The Labute approximate surface area is 258 Å². The van der Waals surface area contributed by atoms with Gasteiger partial charge in [-0.1, -0.05) is 35.1 Å². The minimum atomic E-state index is -1.22. The van der Waals surface area contributed by atoms with Crippen molar-refractivity contribution in [3.63, 3.8) is 0 Å². The first-order chi connectivity index (χ1) is 20.6. The van der Waals surface area contributed by atoms with Gasteiger partial charge in [0.05, 0.1) is 16.9 Å². The van der Waals surface area contributed by atoms with Gasteiger partial charge in [0.15, 0.2) is 6.61 Å². The summed E-state index contributed by atoms with van der Waals surface area (Å²) in [4.78, 5) is 68.4. The molecule has 10 nitrogen and oxygen atoms in total. The fraction of sp³-hybridized carbons (Fsp3) is 0.367. The van der Waals surface area contributed by atoms with Gasteiger partial charge in [0.25, 0.3) is 5.91 Å². The summed E-state index contributed by atoms with van der Waals surface area (Å²) in [6, 6.07) is 12.9. The van der Waals surface area contributed by atoms with Crippen molar-refractivity contribution < 1.29 is 29.0 Å². The minimum absolute atomic E-state index is 0.0273. The lowest BCUT2D eigenvalue weighted by Gasteiger charge is -2.43. The van der Waals surface area contributed by atoms with Crippen molar-refractivity contribution in [3.05, 3.63) is 73.7 Å². The number of H-pyrrole nitrogens is 1. The molecule has 3 fully saturated rings. The number of carbonyl (C=O) groups is 4. The summed E-state index contributed by atoms with van der Waals surface area (Å²) in [5, 5.41) is 13.6. The van der Waals surface area contributed by atoms with Gasteiger partial charge >= 0.3 is 10.8 Å². The van der Waals surface area contributed by atoms with E-state index in [0.29, 0.717) is 22.9 Å². The molecule has 3 heterocycles. The summed E-state index contributed by atoms with van der Waals surface area (Å²) in [5.74, 6) is -3.52. The number of likely N-dealkylation sites (tertiary alicyclic amines) is 1. The van der Waals surface area contributed by atoms with Crippen LogP contribution in [0.15, 0.2) is 58.4 Å². The molecule has 43 heavy (non-hydrogen) atoms. The molecule has 3 aromatic rings. The normalized spacial score (nSPS) is 29.2. The van der Waals surface area contributed by atoms with E-state index in [1.54, 1.807) is 42.1 Å². The van der Waals surface area contributed by atoms with Crippen LogP contribution in [0.25, 0.3) is 0 Å². The van der Waals surface area contributed by atoms with Crippen molar-refractivity contribution in [2.45, 2.75) is 35.6 Å². The van der Waals surface area contributed by atoms with Gasteiger partial charge in [-0.15, -0.1) is 11.8 Å². The number of halogens is 1. The molecule has 8 atom stereocenters. The Balaban J connectivity index is 1.17. The lowest BCUT2D eigenvalue weighted by molar-refractivity contribution is -0.154. The fourth-order valence-corrected chi connectivity index (χ4v) is 10.6. The summed E-state index contributed by atoms with van der Waals surface area (Å²) in [7, 11) is 0. The Bertz CT molecular complexity index is 1720. The number of hydrogen-bond acceptors (Lipinski definition) is 8. The topological polar surface area (TPSA) is 146 Å². The molecule has 7 unspecified atom stereocenters. The van der Waals surface area contributed by atoms with Crippen molar-refractivity contribution in [1.29, 1.82) is 0 Å². The smallest absolute Gasteiger partial charge is 0.326 e. The third-order valence-electron chi connectivity index (χ3n) is 9.22. The number of fused-ring (bicyclic) bond motifs is 9. The maximum absolute atomic E-state index is 13.6. The van der Waals surface area contributed by atoms with Gasteiger partial charge in [-0.25, -0.2) is 4.79 Å². The number of imide groups is 1. The predicted octanol–water partition coefficient (Wildman–Crippen LogP) is 4.05. The van der Waals surface area contributed by atoms with Crippen molar-refractivity contribution in [2.75, 3.05) is 11.9 Å². The zero-order valence-electron chi connectivity index (χ0n) is 22.7. The fourth-order valence-electron chi connectivity index (χ4n) is 7.58. The van der Waals surface area contributed by atoms with E-state index in [1.165, 1.54) is 6.92 Å². The molecule has 2 aliphatic carbocycles. The molecule has 3 amide bonds. The van der Waals surface area contributed by atoms with Crippen LogP contribution in [0.2, 0.25) is 5.02 Å². The van der Waals surface area contributed by atoms with E-state index in [-0.39, 0.29) is 46.3 Å². The van der Waals surface area contributed by atoms with Gasteiger partial charge in [-0.05, 0) is 73.1 Å². The third kappa shape index (κ3) is 4.58. The number of carbonyl (C=O) groups excluding carboxylic acids is 3. The van der Waals surface area contributed by atoms with Crippen LogP contribution in [0.3, 0.4) is 0 Å². The van der Waals surface area contributed by atoms with Crippen LogP contribution < -0.4 is 14.9 Å².